The largest absolute Gasteiger partial charge is 0.360 e. The summed E-state index contributed by atoms with van der Waals surface area (Å²) < 4.78 is 0. The Balaban J connectivity index is 1.54. The van der Waals surface area contributed by atoms with Crippen LogP contribution in [0.5, 0.6) is 0 Å². The summed E-state index contributed by atoms with van der Waals surface area (Å²) in [4.78, 5) is 29.0. The Morgan fingerprint density at radius 3 is 2.03 bits per heavy atom. The number of fused-ring (bicyclic) bond motifs is 1. The molecule has 4 bridgehead atoms. The van der Waals surface area contributed by atoms with Gasteiger partial charge in [-0.05, 0) is 62.3 Å². The third-order valence-electron chi connectivity index (χ3n) is 7.89. The quantitative estimate of drug-likeness (QED) is 0.806. The average Bonchev–Trinajstić information content (AvgIpc) is 2.96. The van der Waals surface area contributed by atoms with Gasteiger partial charge in [0.2, 0.25) is 11.5 Å². The minimum absolute atomic E-state index is 0.186. The Morgan fingerprint density at radius 2 is 1.41 bits per heavy atom. The standard InChI is InChI=1S/C25H25NO3/c27-22(19-6-2-1-3-7-19)25(29)21-9-5-4-8-20(21)23(28)26(25)24-13-16-10-17(14-24)12-18(11-16)15-24/h1-9,16-18,29H,10-15H2/t16?,17?,18?,24?,25-/m1/s1. The number of nitrogens with zero attached hydrogens (tertiary/aromatic N) is 1. The number of Topliss-reactive ketones (excluding diaryl/α,β-unsaturated/α-hetero) is 1. The molecule has 0 unspecified atom stereocenters. The van der Waals surface area contributed by atoms with Crippen molar-refractivity contribution >= 4 is 11.7 Å². The number of benzene rings is 2. The molecule has 1 heterocycles. The van der Waals surface area contributed by atoms with Gasteiger partial charge in [-0.1, -0.05) is 48.5 Å². The van der Waals surface area contributed by atoms with Crippen LogP contribution in [-0.4, -0.2) is 27.2 Å². The molecular weight excluding hydrogens is 362 g/mol. The van der Waals surface area contributed by atoms with Crippen LogP contribution < -0.4 is 0 Å². The summed E-state index contributed by atoms with van der Waals surface area (Å²) in [6.07, 6.45) is 6.42. The van der Waals surface area contributed by atoms with E-state index in [9.17, 15) is 14.7 Å². The number of ketones is 1. The maximum atomic E-state index is 13.7. The number of aliphatic hydroxyl groups is 1. The highest BCUT2D eigenvalue weighted by atomic mass is 16.3. The number of rotatable bonds is 3. The average molecular weight is 387 g/mol. The fraction of sp³-hybridized carbons (Fsp3) is 0.440. The first-order valence-corrected chi connectivity index (χ1v) is 10.8. The van der Waals surface area contributed by atoms with E-state index in [1.807, 2.05) is 12.1 Å². The zero-order valence-electron chi connectivity index (χ0n) is 16.4. The van der Waals surface area contributed by atoms with Gasteiger partial charge in [-0.25, -0.2) is 0 Å². The van der Waals surface area contributed by atoms with E-state index in [2.05, 4.69) is 0 Å². The van der Waals surface area contributed by atoms with Crippen molar-refractivity contribution < 1.29 is 14.7 Å². The second-order valence-corrected chi connectivity index (χ2v) is 9.70. The second kappa shape index (κ2) is 5.79. The molecule has 2 aromatic carbocycles. The summed E-state index contributed by atoms with van der Waals surface area (Å²) in [5, 5.41) is 12.1. The Morgan fingerprint density at radius 1 is 0.862 bits per heavy atom. The van der Waals surface area contributed by atoms with Crippen molar-refractivity contribution in [3.63, 3.8) is 0 Å². The SMILES string of the molecule is O=C1c2ccccc2[C@@](O)(C(=O)c2ccccc2)N1C12CC3CC(CC(C3)C1)C2. The lowest BCUT2D eigenvalue weighted by atomic mass is 9.52. The summed E-state index contributed by atoms with van der Waals surface area (Å²) in [7, 11) is 0. The van der Waals surface area contributed by atoms with Gasteiger partial charge >= 0.3 is 0 Å². The molecule has 1 atom stereocenters. The number of hydrogen-bond acceptors (Lipinski definition) is 3. The van der Waals surface area contributed by atoms with Crippen LogP contribution in [0.2, 0.25) is 0 Å². The Hall–Kier alpha value is -2.46. The third kappa shape index (κ3) is 2.24. The van der Waals surface area contributed by atoms with Gasteiger partial charge in [0.1, 0.15) is 0 Å². The van der Waals surface area contributed by atoms with Gasteiger partial charge in [0.15, 0.2) is 0 Å². The van der Waals surface area contributed by atoms with Crippen LogP contribution in [0.1, 0.15) is 64.8 Å². The van der Waals surface area contributed by atoms with Gasteiger partial charge in [0.25, 0.3) is 5.91 Å². The molecule has 4 nitrogen and oxygen atoms in total. The molecule has 0 spiro atoms. The molecule has 7 rings (SSSR count). The molecule has 0 radical (unpaired) electrons. The van der Waals surface area contributed by atoms with Crippen LogP contribution in [0.3, 0.4) is 0 Å². The lowest BCUT2D eigenvalue weighted by Crippen LogP contribution is -2.66. The topological polar surface area (TPSA) is 57.6 Å². The van der Waals surface area contributed by atoms with E-state index in [1.54, 1.807) is 47.4 Å². The minimum Gasteiger partial charge on any atom is -0.360 e. The van der Waals surface area contributed by atoms with E-state index in [0.717, 1.165) is 19.3 Å². The molecule has 1 amide bonds. The Kier molecular flexibility index (Phi) is 3.47. The zero-order chi connectivity index (χ0) is 19.8. The van der Waals surface area contributed by atoms with Crippen molar-refractivity contribution in [1.82, 2.24) is 4.90 Å². The first-order valence-electron chi connectivity index (χ1n) is 10.8. The predicted molar refractivity (Wildman–Crippen MR) is 108 cm³/mol. The fourth-order valence-electron chi connectivity index (χ4n) is 7.27. The highest BCUT2D eigenvalue weighted by molar-refractivity contribution is 6.12. The minimum atomic E-state index is -1.93. The van der Waals surface area contributed by atoms with Crippen molar-refractivity contribution in [2.45, 2.75) is 49.8 Å². The van der Waals surface area contributed by atoms with Crippen LogP contribution in [0.25, 0.3) is 0 Å². The monoisotopic (exact) mass is 387 g/mol. The van der Waals surface area contributed by atoms with Gasteiger partial charge in [0.05, 0.1) is 0 Å². The lowest BCUT2D eigenvalue weighted by molar-refractivity contribution is -0.155. The van der Waals surface area contributed by atoms with E-state index in [4.69, 9.17) is 0 Å². The van der Waals surface area contributed by atoms with Crippen molar-refractivity contribution in [3.8, 4) is 0 Å². The molecule has 2 aromatic rings. The highest BCUT2D eigenvalue weighted by Crippen LogP contribution is 2.61. The van der Waals surface area contributed by atoms with E-state index in [0.29, 0.717) is 34.4 Å². The number of carbonyl (C=O) groups excluding carboxylic acids is 2. The molecule has 4 aliphatic carbocycles. The van der Waals surface area contributed by atoms with Gasteiger partial charge < -0.3 is 5.11 Å². The number of hydrogen-bond donors (Lipinski definition) is 1. The van der Waals surface area contributed by atoms with Gasteiger partial charge in [0, 0.05) is 22.2 Å². The molecule has 29 heavy (non-hydrogen) atoms. The van der Waals surface area contributed by atoms with Crippen molar-refractivity contribution in [2.24, 2.45) is 17.8 Å². The zero-order valence-corrected chi connectivity index (χ0v) is 16.4. The molecule has 1 N–H and O–H groups in total. The molecule has 4 heteroatoms. The summed E-state index contributed by atoms with van der Waals surface area (Å²) in [5.41, 5.74) is -0.996. The van der Waals surface area contributed by atoms with Crippen LogP contribution in [-0.2, 0) is 5.72 Å². The third-order valence-corrected chi connectivity index (χ3v) is 7.89. The summed E-state index contributed by atoms with van der Waals surface area (Å²) >= 11 is 0. The molecule has 4 saturated carbocycles. The summed E-state index contributed by atoms with van der Waals surface area (Å²) in [5.74, 6) is 1.23. The van der Waals surface area contributed by atoms with Crippen molar-refractivity contribution in [1.29, 1.82) is 0 Å². The van der Waals surface area contributed by atoms with Crippen molar-refractivity contribution in [2.75, 3.05) is 0 Å². The normalized spacial score (nSPS) is 37.1. The maximum absolute atomic E-state index is 13.7. The number of carbonyl (C=O) groups is 2. The summed E-state index contributed by atoms with van der Waals surface area (Å²) in [6.45, 7) is 0. The smallest absolute Gasteiger partial charge is 0.257 e. The van der Waals surface area contributed by atoms with Gasteiger partial charge in [-0.3, -0.25) is 14.5 Å². The Bertz CT molecular complexity index is 978. The molecule has 0 aromatic heterocycles. The fourth-order valence-corrected chi connectivity index (χ4v) is 7.27. The van der Waals surface area contributed by atoms with Crippen LogP contribution in [0.4, 0.5) is 0 Å². The molecule has 4 fully saturated rings. The molecular formula is C25H25NO3. The van der Waals surface area contributed by atoms with Gasteiger partial charge in [-0.2, -0.15) is 0 Å². The number of amides is 1. The van der Waals surface area contributed by atoms with E-state index in [-0.39, 0.29) is 5.91 Å². The van der Waals surface area contributed by atoms with E-state index >= 15 is 0 Å². The Labute approximate surface area is 170 Å². The second-order valence-electron chi connectivity index (χ2n) is 9.70. The molecule has 1 aliphatic heterocycles. The predicted octanol–water partition coefficient (Wildman–Crippen LogP) is 4.14. The van der Waals surface area contributed by atoms with Crippen molar-refractivity contribution in [3.05, 3.63) is 71.3 Å². The molecule has 148 valence electrons. The van der Waals surface area contributed by atoms with Crippen LogP contribution in [0.15, 0.2) is 54.6 Å². The van der Waals surface area contributed by atoms with Crippen LogP contribution in [0, 0.1) is 17.8 Å². The van der Waals surface area contributed by atoms with Crippen LogP contribution >= 0.6 is 0 Å². The van der Waals surface area contributed by atoms with E-state index in [1.165, 1.54) is 19.3 Å². The summed E-state index contributed by atoms with van der Waals surface area (Å²) in [6, 6.07) is 16.0. The molecule has 5 aliphatic rings. The van der Waals surface area contributed by atoms with Gasteiger partial charge in [-0.15, -0.1) is 0 Å². The maximum Gasteiger partial charge on any atom is 0.257 e. The lowest BCUT2D eigenvalue weighted by Gasteiger charge is -2.61. The molecule has 0 saturated heterocycles. The first-order chi connectivity index (χ1) is 14.0. The first kappa shape index (κ1) is 17.4. The van der Waals surface area contributed by atoms with E-state index < -0.39 is 17.0 Å². The highest BCUT2D eigenvalue weighted by Gasteiger charge is 2.64.